The van der Waals surface area contributed by atoms with Crippen molar-refractivity contribution in [1.29, 1.82) is 0 Å². The number of nitrogens with zero attached hydrogens (tertiary/aromatic N) is 3. The van der Waals surface area contributed by atoms with Gasteiger partial charge < -0.3 is 20.4 Å². The summed E-state index contributed by atoms with van der Waals surface area (Å²) < 4.78 is 5.66. The number of hydrogen-bond donors (Lipinski definition) is 3. The van der Waals surface area contributed by atoms with Gasteiger partial charge in [0.1, 0.15) is 5.75 Å². The van der Waals surface area contributed by atoms with Crippen molar-refractivity contribution in [1.82, 2.24) is 20.2 Å². The number of ether oxygens (including phenoxy) is 1. The quantitative estimate of drug-likeness (QED) is 0.411. The van der Waals surface area contributed by atoms with E-state index in [-0.39, 0.29) is 6.10 Å². The van der Waals surface area contributed by atoms with Crippen molar-refractivity contribution in [2.24, 2.45) is 0 Å². The van der Waals surface area contributed by atoms with Crippen LogP contribution in [0.4, 0.5) is 17.5 Å². The highest BCUT2D eigenvalue weighted by atomic mass is 16.5. The number of anilines is 3. The molecule has 7 nitrogen and oxygen atoms in total. The first kappa shape index (κ1) is 18.7. The molecule has 7 heteroatoms. The average Bonchev–Trinajstić information content (AvgIpc) is 3.13. The molecule has 0 unspecified atom stereocenters. The van der Waals surface area contributed by atoms with Gasteiger partial charge in [0.05, 0.1) is 12.3 Å². The standard InChI is InChI=1S/C22H24N6O/c1-15(2)29-18-9-7-17(8-10-18)26-21-14-25-28-22(27-21)23-12-11-16-13-24-20-6-4-3-5-19(16)20/h3-10,13-15,24H,11-12H2,1-2H3,(H2,23,26,27,28). The fourth-order valence-electron chi connectivity index (χ4n) is 3.12. The highest BCUT2D eigenvalue weighted by molar-refractivity contribution is 5.83. The zero-order valence-corrected chi connectivity index (χ0v) is 16.5. The number of para-hydroxylation sites is 1. The summed E-state index contributed by atoms with van der Waals surface area (Å²) in [7, 11) is 0. The van der Waals surface area contributed by atoms with E-state index in [9.17, 15) is 0 Å². The van der Waals surface area contributed by atoms with E-state index in [0.717, 1.165) is 23.4 Å². The van der Waals surface area contributed by atoms with Crippen LogP contribution >= 0.6 is 0 Å². The lowest BCUT2D eigenvalue weighted by atomic mass is 10.1. The van der Waals surface area contributed by atoms with Gasteiger partial charge in [-0.1, -0.05) is 18.2 Å². The van der Waals surface area contributed by atoms with Crippen molar-refractivity contribution >= 4 is 28.4 Å². The number of H-pyrrole nitrogens is 1. The van der Waals surface area contributed by atoms with Gasteiger partial charge in [0.2, 0.25) is 5.95 Å². The highest BCUT2D eigenvalue weighted by Crippen LogP contribution is 2.20. The molecular weight excluding hydrogens is 364 g/mol. The van der Waals surface area contributed by atoms with Crippen molar-refractivity contribution < 1.29 is 4.74 Å². The van der Waals surface area contributed by atoms with Crippen LogP contribution in [0, 0.1) is 0 Å². The topological polar surface area (TPSA) is 87.8 Å². The van der Waals surface area contributed by atoms with Crippen molar-refractivity contribution in [3.8, 4) is 5.75 Å². The maximum atomic E-state index is 5.66. The molecule has 0 spiro atoms. The zero-order chi connectivity index (χ0) is 20.1. The van der Waals surface area contributed by atoms with Crippen LogP contribution in [-0.2, 0) is 6.42 Å². The van der Waals surface area contributed by atoms with Gasteiger partial charge in [-0.2, -0.15) is 10.1 Å². The van der Waals surface area contributed by atoms with Crippen LogP contribution in [0.3, 0.4) is 0 Å². The maximum absolute atomic E-state index is 5.66. The first-order valence-electron chi connectivity index (χ1n) is 9.70. The fraction of sp³-hybridized carbons (Fsp3) is 0.227. The van der Waals surface area contributed by atoms with E-state index in [4.69, 9.17) is 4.74 Å². The Kier molecular flexibility index (Phi) is 5.56. The molecule has 0 fully saturated rings. The molecule has 0 aliphatic heterocycles. The second-order valence-corrected chi connectivity index (χ2v) is 7.02. The van der Waals surface area contributed by atoms with E-state index < -0.39 is 0 Å². The summed E-state index contributed by atoms with van der Waals surface area (Å²) in [6.07, 6.45) is 4.67. The highest BCUT2D eigenvalue weighted by Gasteiger charge is 2.05. The number of aromatic nitrogens is 4. The first-order valence-corrected chi connectivity index (χ1v) is 9.70. The third-order valence-corrected chi connectivity index (χ3v) is 4.41. The Morgan fingerprint density at radius 1 is 1.07 bits per heavy atom. The van der Waals surface area contributed by atoms with Gasteiger partial charge in [0, 0.05) is 29.3 Å². The molecule has 4 aromatic rings. The molecule has 0 aliphatic rings. The summed E-state index contributed by atoms with van der Waals surface area (Å²) >= 11 is 0. The summed E-state index contributed by atoms with van der Waals surface area (Å²) in [5, 5.41) is 15.8. The molecule has 0 bridgehead atoms. The molecule has 0 saturated heterocycles. The normalized spacial score (nSPS) is 11.0. The Morgan fingerprint density at radius 2 is 1.90 bits per heavy atom. The predicted octanol–water partition coefficient (Wildman–Crippen LogP) is 4.54. The lowest BCUT2D eigenvalue weighted by Gasteiger charge is -2.11. The summed E-state index contributed by atoms with van der Waals surface area (Å²) in [4.78, 5) is 7.78. The van der Waals surface area contributed by atoms with Gasteiger partial charge in [-0.3, -0.25) is 0 Å². The Hall–Kier alpha value is -3.61. The van der Waals surface area contributed by atoms with Crippen LogP contribution in [0.15, 0.2) is 60.9 Å². The van der Waals surface area contributed by atoms with Gasteiger partial charge in [0.15, 0.2) is 5.82 Å². The minimum atomic E-state index is 0.151. The van der Waals surface area contributed by atoms with Gasteiger partial charge in [-0.05, 0) is 56.2 Å². The number of hydrogen-bond acceptors (Lipinski definition) is 6. The molecule has 0 atom stereocenters. The van der Waals surface area contributed by atoms with E-state index in [1.54, 1.807) is 6.20 Å². The van der Waals surface area contributed by atoms with Crippen LogP contribution in [-0.4, -0.2) is 32.8 Å². The summed E-state index contributed by atoms with van der Waals surface area (Å²) in [5.41, 5.74) is 3.32. The maximum Gasteiger partial charge on any atom is 0.244 e. The van der Waals surface area contributed by atoms with E-state index in [1.165, 1.54) is 10.9 Å². The molecule has 4 rings (SSSR count). The molecule has 2 aromatic carbocycles. The number of benzene rings is 2. The third-order valence-electron chi connectivity index (χ3n) is 4.41. The summed E-state index contributed by atoms with van der Waals surface area (Å²) in [5.74, 6) is 1.97. The molecule has 148 valence electrons. The third kappa shape index (κ3) is 4.82. The predicted molar refractivity (Wildman–Crippen MR) is 116 cm³/mol. The van der Waals surface area contributed by atoms with Gasteiger partial charge in [-0.15, -0.1) is 5.10 Å². The minimum absolute atomic E-state index is 0.151. The molecule has 0 radical (unpaired) electrons. The van der Waals surface area contributed by atoms with Crippen molar-refractivity contribution in [2.75, 3.05) is 17.2 Å². The Balaban J connectivity index is 1.35. The van der Waals surface area contributed by atoms with Crippen LogP contribution in [0.5, 0.6) is 5.75 Å². The lowest BCUT2D eigenvalue weighted by Crippen LogP contribution is -2.09. The summed E-state index contributed by atoms with van der Waals surface area (Å²) in [6, 6.07) is 16.0. The lowest BCUT2D eigenvalue weighted by molar-refractivity contribution is 0.242. The molecule has 0 aliphatic carbocycles. The molecular formula is C22H24N6O. The Labute approximate surface area is 169 Å². The van der Waals surface area contributed by atoms with Crippen molar-refractivity contribution in [3.63, 3.8) is 0 Å². The van der Waals surface area contributed by atoms with Gasteiger partial charge >= 0.3 is 0 Å². The van der Waals surface area contributed by atoms with E-state index >= 15 is 0 Å². The average molecular weight is 388 g/mol. The number of rotatable bonds is 8. The molecule has 0 amide bonds. The van der Waals surface area contributed by atoms with E-state index in [2.05, 4.69) is 55.2 Å². The molecule has 2 heterocycles. The van der Waals surface area contributed by atoms with Crippen LogP contribution in [0.25, 0.3) is 10.9 Å². The second kappa shape index (κ2) is 8.60. The Bertz CT molecular complexity index is 1070. The SMILES string of the molecule is CC(C)Oc1ccc(Nc2cnnc(NCCc3c[nH]c4ccccc34)n2)cc1. The number of nitrogens with one attached hydrogen (secondary N) is 3. The molecule has 2 aromatic heterocycles. The summed E-state index contributed by atoms with van der Waals surface area (Å²) in [6.45, 7) is 4.73. The van der Waals surface area contributed by atoms with Gasteiger partial charge in [0.25, 0.3) is 0 Å². The van der Waals surface area contributed by atoms with Crippen LogP contribution in [0.1, 0.15) is 19.4 Å². The van der Waals surface area contributed by atoms with Crippen molar-refractivity contribution in [3.05, 3.63) is 66.5 Å². The molecule has 0 saturated carbocycles. The monoisotopic (exact) mass is 388 g/mol. The molecule has 29 heavy (non-hydrogen) atoms. The van der Waals surface area contributed by atoms with E-state index in [0.29, 0.717) is 18.3 Å². The van der Waals surface area contributed by atoms with Gasteiger partial charge in [-0.25, -0.2) is 0 Å². The fourth-order valence-corrected chi connectivity index (χ4v) is 3.12. The van der Waals surface area contributed by atoms with Crippen LogP contribution < -0.4 is 15.4 Å². The largest absolute Gasteiger partial charge is 0.491 e. The second-order valence-electron chi connectivity index (χ2n) is 7.02. The first-order chi connectivity index (χ1) is 14.2. The zero-order valence-electron chi connectivity index (χ0n) is 16.5. The number of aromatic amines is 1. The minimum Gasteiger partial charge on any atom is -0.491 e. The smallest absolute Gasteiger partial charge is 0.244 e. The van der Waals surface area contributed by atoms with Crippen molar-refractivity contribution in [2.45, 2.75) is 26.4 Å². The van der Waals surface area contributed by atoms with E-state index in [1.807, 2.05) is 44.2 Å². The molecule has 3 N–H and O–H groups in total. The van der Waals surface area contributed by atoms with Crippen LogP contribution in [0.2, 0.25) is 0 Å². The number of fused-ring (bicyclic) bond motifs is 1. The Morgan fingerprint density at radius 3 is 2.72 bits per heavy atom.